The van der Waals surface area contributed by atoms with Crippen LogP contribution in [0.2, 0.25) is 0 Å². The Morgan fingerprint density at radius 2 is 2.00 bits per heavy atom. The Morgan fingerprint density at radius 1 is 1.25 bits per heavy atom. The Kier molecular flexibility index (Phi) is 1.65. The Hall–Kier alpha value is -0.900. The maximum absolute atomic E-state index is 9.36. The molecule has 0 amide bonds. The Balaban J connectivity index is 2.52. The van der Waals surface area contributed by atoms with Gasteiger partial charge in [0.2, 0.25) is 0 Å². The maximum Gasteiger partial charge on any atom is 0.307 e. The van der Waals surface area contributed by atoms with Gasteiger partial charge in [-0.2, -0.15) is 0 Å². The van der Waals surface area contributed by atoms with Gasteiger partial charge in [0, 0.05) is 5.56 Å². The summed E-state index contributed by atoms with van der Waals surface area (Å²) in [6.45, 7) is 0.351. The molecular formula is C9H10O3. The normalized spacial score (nSPS) is 20.2. The molecule has 0 bridgehead atoms. The summed E-state index contributed by atoms with van der Waals surface area (Å²) in [7, 11) is 0. The fourth-order valence-electron chi connectivity index (χ4n) is 1.44. The highest BCUT2D eigenvalue weighted by Gasteiger charge is 2.32. The van der Waals surface area contributed by atoms with Gasteiger partial charge in [0.05, 0.1) is 6.61 Å². The van der Waals surface area contributed by atoms with Crippen molar-refractivity contribution in [3.8, 4) is 0 Å². The molecule has 1 aliphatic heterocycles. The summed E-state index contributed by atoms with van der Waals surface area (Å²) in [5.74, 6) is -2.09. The lowest BCUT2D eigenvalue weighted by Crippen LogP contribution is -2.34. The molecule has 0 atom stereocenters. The first kappa shape index (κ1) is 7.73. The van der Waals surface area contributed by atoms with E-state index in [4.69, 9.17) is 4.74 Å². The average Bonchev–Trinajstić information content (AvgIpc) is 2.04. The molecule has 0 saturated heterocycles. The first-order valence-corrected chi connectivity index (χ1v) is 3.87. The molecular weight excluding hydrogens is 156 g/mol. The summed E-state index contributed by atoms with van der Waals surface area (Å²) >= 11 is 0. The van der Waals surface area contributed by atoms with Crippen LogP contribution in [0.25, 0.3) is 0 Å². The van der Waals surface area contributed by atoms with Gasteiger partial charge in [0.15, 0.2) is 0 Å². The van der Waals surface area contributed by atoms with Gasteiger partial charge in [-0.1, -0.05) is 24.3 Å². The summed E-state index contributed by atoms with van der Waals surface area (Å²) in [5.41, 5.74) is 1.39. The molecule has 0 aromatic heterocycles. The summed E-state index contributed by atoms with van der Waals surface area (Å²) in [6, 6.07) is 7.17. The minimum Gasteiger partial charge on any atom is -0.340 e. The van der Waals surface area contributed by atoms with Crippen molar-refractivity contribution in [1.82, 2.24) is 0 Å². The molecule has 0 saturated carbocycles. The molecule has 2 N–H and O–H groups in total. The first-order valence-electron chi connectivity index (χ1n) is 3.87. The highest BCUT2D eigenvalue weighted by molar-refractivity contribution is 5.30. The number of ether oxygens (including phenoxy) is 1. The van der Waals surface area contributed by atoms with Gasteiger partial charge in [-0.05, 0) is 12.0 Å². The Morgan fingerprint density at radius 3 is 2.75 bits per heavy atom. The molecule has 1 aliphatic rings. The number of aliphatic hydroxyl groups is 2. The zero-order chi connectivity index (χ0) is 8.60. The monoisotopic (exact) mass is 166 g/mol. The van der Waals surface area contributed by atoms with Crippen LogP contribution >= 0.6 is 0 Å². The number of hydrogen-bond acceptors (Lipinski definition) is 3. The summed E-state index contributed by atoms with van der Waals surface area (Å²) in [5, 5.41) is 18.7. The topological polar surface area (TPSA) is 49.7 Å². The van der Waals surface area contributed by atoms with Crippen molar-refractivity contribution in [2.24, 2.45) is 0 Å². The minimum atomic E-state index is -2.09. The zero-order valence-electron chi connectivity index (χ0n) is 6.53. The largest absolute Gasteiger partial charge is 0.340 e. The third-order valence-corrected chi connectivity index (χ3v) is 2.04. The van der Waals surface area contributed by atoms with E-state index < -0.39 is 5.97 Å². The summed E-state index contributed by atoms with van der Waals surface area (Å²) in [6.07, 6.45) is 0.735. The van der Waals surface area contributed by atoms with Crippen molar-refractivity contribution in [2.75, 3.05) is 6.61 Å². The van der Waals surface area contributed by atoms with Crippen molar-refractivity contribution in [1.29, 1.82) is 0 Å². The third-order valence-electron chi connectivity index (χ3n) is 2.04. The lowest BCUT2D eigenvalue weighted by atomic mass is 10.0. The molecule has 1 aromatic carbocycles. The average molecular weight is 166 g/mol. The van der Waals surface area contributed by atoms with E-state index in [0.29, 0.717) is 12.2 Å². The predicted octanol–water partition coefficient (Wildman–Crippen LogP) is 0.354. The fraction of sp³-hybridized carbons (Fsp3) is 0.333. The van der Waals surface area contributed by atoms with Crippen LogP contribution in [0.1, 0.15) is 11.1 Å². The van der Waals surface area contributed by atoms with Crippen molar-refractivity contribution < 1.29 is 14.9 Å². The van der Waals surface area contributed by atoms with E-state index in [2.05, 4.69) is 0 Å². The van der Waals surface area contributed by atoms with E-state index in [1.807, 2.05) is 12.1 Å². The van der Waals surface area contributed by atoms with Crippen LogP contribution in [0, 0.1) is 0 Å². The minimum absolute atomic E-state index is 0.351. The van der Waals surface area contributed by atoms with Gasteiger partial charge in [-0.15, -0.1) is 0 Å². The van der Waals surface area contributed by atoms with Gasteiger partial charge in [-0.3, -0.25) is 0 Å². The molecule has 64 valence electrons. The Bertz CT molecular complexity index is 294. The second kappa shape index (κ2) is 2.55. The van der Waals surface area contributed by atoms with Crippen LogP contribution < -0.4 is 0 Å². The van der Waals surface area contributed by atoms with Gasteiger partial charge in [-0.25, -0.2) is 0 Å². The molecule has 1 heterocycles. The van der Waals surface area contributed by atoms with E-state index in [0.717, 1.165) is 12.0 Å². The highest BCUT2D eigenvalue weighted by atomic mass is 16.8. The van der Waals surface area contributed by atoms with Crippen LogP contribution in [-0.4, -0.2) is 16.8 Å². The van der Waals surface area contributed by atoms with Gasteiger partial charge >= 0.3 is 5.97 Å². The van der Waals surface area contributed by atoms with Gasteiger partial charge < -0.3 is 14.9 Å². The molecule has 1 aromatic rings. The molecule has 2 rings (SSSR count). The lowest BCUT2D eigenvalue weighted by Gasteiger charge is -2.28. The van der Waals surface area contributed by atoms with Gasteiger partial charge in [0.25, 0.3) is 0 Å². The van der Waals surface area contributed by atoms with Crippen LogP contribution in [-0.2, 0) is 17.1 Å². The smallest absolute Gasteiger partial charge is 0.307 e. The van der Waals surface area contributed by atoms with Crippen molar-refractivity contribution >= 4 is 0 Å². The van der Waals surface area contributed by atoms with Gasteiger partial charge in [0.1, 0.15) is 0 Å². The van der Waals surface area contributed by atoms with Crippen molar-refractivity contribution in [3.63, 3.8) is 0 Å². The Labute approximate surface area is 70.2 Å². The van der Waals surface area contributed by atoms with Crippen LogP contribution in [0.15, 0.2) is 24.3 Å². The molecule has 12 heavy (non-hydrogen) atoms. The zero-order valence-corrected chi connectivity index (χ0v) is 6.53. The molecule has 0 aliphatic carbocycles. The van der Waals surface area contributed by atoms with Crippen LogP contribution in [0.4, 0.5) is 0 Å². The van der Waals surface area contributed by atoms with E-state index in [9.17, 15) is 10.2 Å². The first-order chi connectivity index (χ1) is 5.70. The van der Waals surface area contributed by atoms with E-state index >= 15 is 0 Å². The quantitative estimate of drug-likeness (QED) is 0.547. The SMILES string of the molecule is OC1(O)OCCc2ccccc21. The van der Waals surface area contributed by atoms with E-state index in [-0.39, 0.29) is 0 Å². The fourth-order valence-corrected chi connectivity index (χ4v) is 1.44. The molecule has 0 fully saturated rings. The van der Waals surface area contributed by atoms with Crippen molar-refractivity contribution in [2.45, 2.75) is 12.4 Å². The summed E-state index contributed by atoms with van der Waals surface area (Å²) < 4.78 is 4.80. The molecule has 0 spiro atoms. The lowest BCUT2D eigenvalue weighted by molar-refractivity contribution is -0.354. The summed E-state index contributed by atoms with van der Waals surface area (Å²) in [4.78, 5) is 0. The van der Waals surface area contributed by atoms with Crippen LogP contribution in [0.5, 0.6) is 0 Å². The van der Waals surface area contributed by atoms with E-state index in [1.54, 1.807) is 12.1 Å². The molecule has 0 radical (unpaired) electrons. The molecule has 3 nitrogen and oxygen atoms in total. The maximum atomic E-state index is 9.36. The second-order valence-electron chi connectivity index (χ2n) is 2.86. The molecule has 0 unspecified atom stereocenters. The third kappa shape index (κ3) is 1.12. The standard InChI is InChI=1S/C9H10O3/c10-9(11)8-4-2-1-3-7(8)5-6-12-9/h1-4,10-11H,5-6H2. The number of rotatable bonds is 0. The number of fused-ring (bicyclic) bond motifs is 1. The van der Waals surface area contributed by atoms with Crippen LogP contribution in [0.3, 0.4) is 0 Å². The van der Waals surface area contributed by atoms with E-state index in [1.165, 1.54) is 0 Å². The predicted molar refractivity (Wildman–Crippen MR) is 42.2 cm³/mol. The number of hydrogen-bond donors (Lipinski definition) is 2. The highest BCUT2D eigenvalue weighted by Crippen LogP contribution is 2.27. The van der Waals surface area contributed by atoms with Crippen molar-refractivity contribution in [3.05, 3.63) is 35.4 Å². The number of benzene rings is 1. The second-order valence-corrected chi connectivity index (χ2v) is 2.86. The molecule has 3 heteroatoms.